The van der Waals surface area contributed by atoms with Gasteiger partial charge in [0.25, 0.3) is 33.7 Å². The number of hydrogen-bond donors (Lipinski definition) is 0. The zero-order valence-corrected chi connectivity index (χ0v) is 80.2. The molecule has 0 saturated heterocycles. The van der Waals surface area contributed by atoms with Gasteiger partial charge in [0.1, 0.15) is 28.7 Å². The van der Waals surface area contributed by atoms with Crippen LogP contribution in [0, 0.1) is 73.1 Å². The van der Waals surface area contributed by atoms with E-state index in [1.54, 1.807) is 0 Å². The Morgan fingerprint density at radius 3 is 1.01 bits per heavy atom. The van der Waals surface area contributed by atoms with Crippen LogP contribution in [0.5, 0.6) is 28.7 Å². The number of para-hydroxylation sites is 7. The van der Waals surface area contributed by atoms with Gasteiger partial charge in [0.15, 0.2) is 31.1 Å². The van der Waals surface area contributed by atoms with Crippen molar-refractivity contribution in [2.45, 2.75) is 196 Å². The third-order valence-corrected chi connectivity index (χ3v) is 29.6. The van der Waals surface area contributed by atoms with Crippen LogP contribution in [0.15, 0.2) is 285 Å². The van der Waals surface area contributed by atoms with Crippen molar-refractivity contribution >= 4 is 59.5 Å². The number of hydrogen-bond acceptors (Lipinski definition) is 5. The Morgan fingerprint density at radius 2 is 0.595 bits per heavy atom. The lowest BCUT2D eigenvalue weighted by Crippen LogP contribution is -2.49. The first-order valence-corrected chi connectivity index (χ1v) is 47.6. The predicted molar refractivity (Wildman–Crippen MR) is 539 cm³/mol. The molecule has 0 N–H and O–H groups in total. The number of benzene rings is 13. The van der Waals surface area contributed by atoms with Crippen molar-refractivity contribution < 1.29 is 46.6 Å². The minimum Gasteiger partial charge on any atom is -0.435 e. The predicted octanol–water partition coefficient (Wildman–Crippen LogP) is 28.0. The van der Waals surface area contributed by atoms with Crippen molar-refractivity contribution in [2.24, 2.45) is 17.8 Å². The Morgan fingerprint density at radius 1 is 0.275 bits per heavy atom. The van der Waals surface area contributed by atoms with E-state index >= 15 is 0 Å². The number of ether oxygens (including phenoxy) is 5. The Hall–Kier alpha value is -12.8. The zero-order chi connectivity index (χ0) is 91.5. The molecule has 131 heavy (non-hydrogen) atoms. The highest BCUT2D eigenvalue weighted by molar-refractivity contribution is 5.87. The summed E-state index contributed by atoms with van der Waals surface area (Å²) in [5, 5.41) is 0. The van der Waals surface area contributed by atoms with Crippen molar-refractivity contribution in [3.05, 3.63) is 402 Å². The summed E-state index contributed by atoms with van der Waals surface area (Å²) in [6, 6.07) is 101. The van der Waals surface area contributed by atoms with Gasteiger partial charge in [-0.25, -0.2) is 0 Å². The molecule has 5 heterocycles. The average Bonchev–Trinajstić information content (AvgIpc) is 0.718. The summed E-state index contributed by atoms with van der Waals surface area (Å²) < 4.78 is 42.6. The normalized spacial score (nSPS) is 17.7. The quantitative estimate of drug-likeness (QED) is 0.0756. The highest BCUT2D eigenvalue weighted by Crippen LogP contribution is 2.63. The lowest BCUT2D eigenvalue weighted by atomic mass is 9.48. The van der Waals surface area contributed by atoms with Crippen LogP contribution in [0.3, 0.4) is 0 Å². The third kappa shape index (κ3) is 18.7. The van der Waals surface area contributed by atoms with Gasteiger partial charge >= 0.3 is 0 Å². The second-order valence-electron chi connectivity index (χ2n) is 39.9. The van der Waals surface area contributed by atoms with Gasteiger partial charge in [0.05, 0.1) is 27.8 Å². The van der Waals surface area contributed by atoms with E-state index in [0.29, 0.717) is 39.1 Å². The summed E-state index contributed by atoms with van der Waals surface area (Å²) in [5.74, 6) is 8.07. The molecule has 10 nitrogen and oxygen atoms in total. The first kappa shape index (κ1) is 90.2. The second kappa shape index (κ2) is 38.0. The molecule has 13 aromatic carbocycles. The summed E-state index contributed by atoms with van der Waals surface area (Å²) in [6.07, 6.45) is 22.0. The van der Waals surface area contributed by atoms with E-state index in [4.69, 9.17) is 23.7 Å². The maximum Gasteiger partial charge on any atom is 0.292 e. The molecule has 9 aliphatic rings. The summed E-state index contributed by atoms with van der Waals surface area (Å²) in [6.45, 7) is 40.7. The SMILES string of the molecule is CCC(C)(C)c1cc2c(c(C(C)(C)CC)c1)OC[N+](c1ccccc1C)=C2.Cc1cc2c(c(C(C)(C)c3ccccc3)c1)OC[N+](c1ccccc1C)=C2.Cc1cc2c(c(C34CC5CC(CC(C5)C3)C4)c1)OC[N+](c1ccccc1C)=C2.Cc1ccccc1[N+]1=Cc2cccc(C(C)(c3ccccc3)c3ccccc3)c2OC1.Cc1ccccc1[N+]1=Cc2cccc(C)c2OC1. The minimum atomic E-state index is -0.327. The van der Waals surface area contributed by atoms with Crippen LogP contribution in [0.2, 0.25) is 0 Å². The fourth-order valence-electron chi connectivity index (χ4n) is 21.6. The maximum absolute atomic E-state index is 6.52. The fraction of sp³-hybridized carbons (Fsp3) is 0.314. The van der Waals surface area contributed by atoms with Gasteiger partial charge in [-0.15, -0.1) is 0 Å². The summed E-state index contributed by atoms with van der Waals surface area (Å²) in [7, 11) is 0. The van der Waals surface area contributed by atoms with Gasteiger partial charge in [-0.05, 0) is 217 Å². The molecule has 22 rings (SSSR count). The number of fused-ring (bicyclic) bond motifs is 5. The lowest BCUT2D eigenvalue weighted by Gasteiger charge is -2.57. The second-order valence-corrected chi connectivity index (χ2v) is 39.9. The summed E-state index contributed by atoms with van der Waals surface area (Å²) in [5.41, 5.74) is 32.6. The Labute approximate surface area is 779 Å². The smallest absolute Gasteiger partial charge is 0.292 e. The summed E-state index contributed by atoms with van der Waals surface area (Å²) in [4.78, 5) is 0. The number of nitrogens with zero attached hydrogens (tertiary/aromatic N) is 5. The van der Waals surface area contributed by atoms with Crippen LogP contribution < -0.4 is 23.7 Å². The van der Waals surface area contributed by atoms with Crippen LogP contribution in [-0.2, 0) is 27.1 Å². The van der Waals surface area contributed by atoms with Crippen molar-refractivity contribution in [2.75, 3.05) is 33.7 Å². The molecule has 4 fully saturated rings. The molecule has 13 aromatic rings. The molecule has 0 aromatic heterocycles. The van der Waals surface area contributed by atoms with E-state index in [1.165, 1.54) is 173 Å². The van der Waals surface area contributed by atoms with Gasteiger partial charge in [-0.3, -0.25) is 0 Å². The van der Waals surface area contributed by atoms with Gasteiger partial charge in [-0.1, -0.05) is 280 Å². The van der Waals surface area contributed by atoms with E-state index in [9.17, 15) is 0 Å². The Kier molecular flexibility index (Phi) is 26.1. The Balaban J connectivity index is 0.000000116. The summed E-state index contributed by atoms with van der Waals surface area (Å²) >= 11 is 0. The van der Waals surface area contributed by atoms with Crippen molar-refractivity contribution in [3.8, 4) is 28.7 Å². The van der Waals surface area contributed by atoms with E-state index in [-0.39, 0.29) is 21.7 Å². The molecule has 0 atom stereocenters. The van der Waals surface area contributed by atoms with Crippen LogP contribution in [-0.4, -0.2) is 87.6 Å². The van der Waals surface area contributed by atoms with Gasteiger partial charge in [0.2, 0.25) is 28.4 Å². The molecule has 0 spiro atoms. The molecule has 10 heteroatoms. The maximum atomic E-state index is 6.52. The molecule has 0 radical (unpaired) electrons. The number of aryl methyl sites for hydroxylation is 8. The average molecular weight is 1740 g/mol. The van der Waals surface area contributed by atoms with Crippen molar-refractivity contribution in [1.82, 2.24) is 0 Å². The lowest BCUT2D eigenvalue weighted by molar-refractivity contribution is -0.476. The molecule has 0 unspecified atom stereocenters. The van der Waals surface area contributed by atoms with E-state index in [1.807, 2.05) is 0 Å². The zero-order valence-electron chi connectivity index (χ0n) is 80.2. The van der Waals surface area contributed by atoms with Gasteiger partial charge in [-0.2, -0.15) is 22.9 Å². The molecule has 4 saturated carbocycles. The van der Waals surface area contributed by atoms with Gasteiger partial charge < -0.3 is 23.7 Å². The highest BCUT2D eigenvalue weighted by atomic mass is 16.5. The number of rotatable bonds is 15. The molecular formula is C121H132N5O5+5. The van der Waals surface area contributed by atoms with Crippen molar-refractivity contribution in [3.63, 3.8) is 0 Å². The third-order valence-electron chi connectivity index (χ3n) is 29.6. The van der Waals surface area contributed by atoms with Gasteiger partial charge in [0, 0.05) is 91.2 Å². The van der Waals surface area contributed by atoms with Crippen LogP contribution in [0.4, 0.5) is 28.4 Å². The molecular weight excluding hydrogens is 1600 g/mol. The first-order chi connectivity index (χ1) is 63.2. The van der Waals surface area contributed by atoms with Crippen LogP contribution in [0.25, 0.3) is 0 Å². The first-order valence-electron chi connectivity index (χ1n) is 47.6. The standard InChI is InChI=1S/C29H26NO.C26H30NO.C25H26NO.C25H34NO.C16H16NO/c1-22-12-9-10-19-27(22)30-20-23-13-11-18-26(28(23)31-21-30)29(2,24-14-5-3-6-15-24)25-16-7-4-8-17-25;1-17-7-22-15-27(24-6-4-3-5-18(24)2)16-28-25(22)23(8-17)26-12-19-9-20(13-26)11-21(10-19)14-26;1-18-14-20-16-26(23-13-9-8-10-19(23)2)17-27-24(20)22(15-18)25(3,4)21-11-6-5-7-12-21;1-8-24(4,5)20-14-19-16-26(22-13-11-10-12-18(22)3)17-27-23(19)21(15-20)25(6,7)9-2;1-12-6-3-4-9-15(12)17-10-14-8-5-7-13(2)16(14)18-11-17/h3-20H,21H2,1-2H3;3-8,15,19-21H,9-14,16H2,1-2H3;5-16H,17H2,1-4H3;10-16H,8-9,17H2,1-7H3;3-10H,11H2,1-2H3/q5*+1. The Bertz CT molecular complexity index is 6490. The monoisotopic (exact) mass is 1740 g/mol. The van der Waals surface area contributed by atoms with E-state index < -0.39 is 0 Å². The fourth-order valence-corrected chi connectivity index (χ4v) is 21.6. The molecule has 666 valence electrons. The van der Waals surface area contributed by atoms with E-state index in [2.05, 4.69) is 457 Å². The molecule has 0 amide bonds. The largest absolute Gasteiger partial charge is 0.435 e. The molecule has 4 bridgehead atoms. The van der Waals surface area contributed by atoms with Crippen LogP contribution in [0.1, 0.15) is 231 Å². The topological polar surface area (TPSA) is 61.2 Å². The minimum absolute atomic E-state index is 0.0859. The highest BCUT2D eigenvalue weighted by Gasteiger charge is 2.53. The van der Waals surface area contributed by atoms with Crippen LogP contribution >= 0.6 is 0 Å². The van der Waals surface area contributed by atoms with E-state index in [0.717, 1.165) is 70.3 Å². The molecule has 4 aliphatic carbocycles. The molecule has 5 aliphatic heterocycles. The van der Waals surface area contributed by atoms with Crippen molar-refractivity contribution in [1.29, 1.82) is 0 Å².